The Morgan fingerprint density at radius 2 is 2.07 bits per heavy atom. The molecule has 2 N–H and O–H groups in total. The van der Waals surface area contributed by atoms with Gasteiger partial charge in [-0.05, 0) is 66.1 Å². The fourth-order valence-electron chi connectivity index (χ4n) is 3.07. The van der Waals surface area contributed by atoms with E-state index < -0.39 is 23.6 Å². The average Bonchev–Trinajstić information content (AvgIpc) is 3.43. The number of nitrogens with zero attached hydrogens (tertiary/aromatic N) is 4. The van der Waals surface area contributed by atoms with Crippen LogP contribution in [0.15, 0.2) is 36.4 Å². The van der Waals surface area contributed by atoms with Gasteiger partial charge in [0, 0.05) is 29.2 Å². The number of carbonyl (C=O) groups is 1. The molecule has 0 aliphatic heterocycles. The molecule has 1 saturated carbocycles. The lowest BCUT2D eigenvalue weighted by Gasteiger charge is -2.14. The standard InChI is InChI=1S/C20H19F2N5O2/c1-11(10-28)23-20(29)14-6-13(17-5-4-15(21)9-18(17)22)7-16(8-14)27-19(12-2-3-12)24-25-26-27/h4-9,11-12,28H,2-3,10H2,1H3,(H,23,29)/t11-/m0/s1. The summed E-state index contributed by atoms with van der Waals surface area (Å²) in [4.78, 5) is 12.7. The van der Waals surface area contributed by atoms with Gasteiger partial charge >= 0.3 is 0 Å². The molecule has 1 aliphatic rings. The molecular weight excluding hydrogens is 380 g/mol. The summed E-state index contributed by atoms with van der Waals surface area (Å²) in [5.41, 5.74) is 1.29. The number of aliphatic hydroxyl groups excluding tert-OH is 1. The van der Waals surface area contributed by atoms with E-state index in [1.54, 1.807) is 19.1 Å². The third kappa shape index (κ3) is 4.00. The lowest BCUT2D eigenvalue weighted by atomic mass is 10.0. The maximum atomic E-state index is 14.4. The molecule has 0 spiro atoms. The van der Waals surface area contributed by atoms with Gasteiger partial charge in [0.15, 0.2) is 5.82 Å². The zero-order valence-corrected chi connectivity index (χ0v) is 15.6. The van der Waals surface area contributed by atoms with Gasteiger partial charge in [0.2, 0.25) is 0 Å². The van der Waals surface area contributed by atoms with Gasteiger partial charge < -0.3 is 10.4 Å². The molecule has 1 aromatic heterocycles. The van der Waals surface area contributed by atoms with Crippen molar-refractivity contribution in [1.29, 1.82) is 0 Å². The number of nitrogens with one attached hydrogen (secondary N) is 1. The Morgan fingerprint density at radius 1 is 1.28 bits per heavy atom. The lowest BCUT2D eigenvalue weighted by molar-refractivity contribution is 0.0922. The van der Waals surface area contributed by atoms with E-state index in [9.17, 15) is 18.7 Å². The second-order valence-corrected chi connectivity index (χ2v) is 7.17. The number of amides is 1. The Kier molecular flexibility index (Phi) is 5.06. The molecular formula is C20H19F2N5O2. The zero-order valence-electron chi connectivity index (χ0n) is 15.6. The summed E-state index contributed by atoms with van der Waals surface area (Å²) < 4.78 is 29.3. The first-order valence-electron chi connectivity index (χ1n) is 9.27. The Hall–Kier alpha value is -3.20. The van der Waals surface area contributed by atoms with Gasteiger partial charge in [0.25, 0.3) is 5.91 Å². The van der Waals surface area contributed by atoms with Crippen LogP contribution < -0.4 is 5.32 Å². The maximum Gasteiger partial charge on any atom is 0.251 e. The predicted molar refractivity (Wildman–Crippen MR) is 100 cm³/mol. The fourth-order valence-corrected chi connectivity index (χ4v) is 3.07. The van der Waals surface area contributed by atoms with Crippen molar-refractivity contribution in [3.63, 3.8) is 0 Å². The lowest BCUT2D eigenvalue weighted by Crippen LogP contribution is -2.35. The van der Waals surface area contributed by atoms with E-state index in [0.717, 1.165) is 25.0 Å². The quantitative estimate of drug-likeness (QED) is 0.665. The van der Waals surface area contributed by atoms with Gasteiger partial charge in [-0.1, -0.05) is 0 Å². The first kappa shape index (κ1) is 19.1. The first-order chi connectivity index (χ1) is 14.0. The first-order valence-corrected chi connectivity index (χ1v) is 9.27. The topological polar surface area (TPSA) is 92.9 Å². The van der Waals surface area contributed by atoms with Crippen LogP contribution in [-0.2, 0) is 0 Å². The van der Waals surface area contributed by atoms with E-state index >= 15 is 0 Å². The predicted octanol–water partition coefficient (Wildman–Crippen LogP) is 2.60. The summed E-state index contributed by atoms with van der Waals surface area (Å²) in [6.07, 6.45) is 1.96. The van der Waals surface area contributed by atoms with Crippen LogP contribution in [0.4, 0.5) is 8.78 Å². The highest BCUT2D eigenvalue weighted by Gasteiger charge is 2.30. The summed E-state index contributed by atoms with van der Waals surface area (Å²) in [6.45, 7) is 1.44. The maximum absolute atomic E-state index is 14.4. The van der Waals surface area contributed by atoms with Crippen molar-refractivity contribution in [2.45, 2.75) is 31.7 Å². The van der Waals surface area contributed by atoms with Crippen LogP contribution in [0.1, 0.15) is 41.9 Å². The minimum atomic E-state index is -0.739. The Morgan fingerprint density at radius 3 is 2.76 bits per heavy atom. The number of carbonyl (C=O) groups excluding carboxylic acids is 1. The molecule has 1 amide bonds. The number of aliphatic hydroxyl groups is 1. The highest BCUT2D eigenvalue weighted by Crippen LogP contribution is 2.39. The van der Waals surface area contributed by atoms with Crippen molar-refractivity contribution >= 4 is 5.91 Å². The van der Waals surface area contributed by atoms with Gasteiger partial charge in [-0.25, -0.2) is 8.78 Å². The Labute approximate surface area is 165 Å². The average molecular weight is 399 g/mol. The van der Waals surface area contributed by atoms with Crippen molar-refractivity contribution in [3.05, 3.63) is 59.4 Å². The van der Waals surface area contributed by atoms with Crippen LogP contribution >= 0.6 is 0 Å². The van der Waals surface area contributed by atoms with Crippen LogP contribution in [0.3, 0.4) is 0 Å². The number of halogens is 2. The number of aromatic nitrogens is 4. The molecule has 1 heterocycles. The van der Waals surface area contributed by atoms with Gasteiger partial charge in [0.05, 0.1) is 12.3 Å². The molecule has 1 atom stereocenters. The summed E-state index contributed by atoms with van der Waals surface area (Å²) in [6, 6.07) is 7.60. The molecule has 3 aromatic rings. The summed E-state index contributed by atoms with van der Waals surface area (Å²) >= 11 is 0. The Bertz CT molecular complexity index is 1060. The van der Waals surface area contributed by atoms with E-state index in [4.69, 9.17) is 0 Å². The van der Waals surface area contributed by atoms with Gasteiger partial charge in [0.1, 0.15) is 11.6 Å². The summed E-state index contributed by atoms with van der Waals surface area (Å²) in [5.74, 6) is -0.928. The van der Waals surface area contributed by atoms with Crippen molar-refractivity contribution in [2.75, 3.05) is 6.61 Å². The molecule has 0 unspecified atom stereocenters. The third-order valence-electron chi connectivity index (χ3n) is 4.75. The highest BCUT2D eigenvalue weighted by molar-refractivity contribution is 5.96. The molecule has 9 heteroatoms. The van der Waals surface area contributed by atoms with Crippen molar-refractivity contribution in [2.24, 2.45) is 0 Å². The minimum Gasteiger partial charge on any atom is -0.394 e. The Balaban J connectivity index is 1.83. The van der Waals surface area contributed by atoms with Gasteiger partial charge in [-0.15, -0.1) is 5.10 Å². The molecule has 0 bridgehead atoms. The summed E-state index contributed by atoms with van der Waals surface area (Å²) in [7, 11) is 0. The van der Waals surface area contributed by atoms with Crippen LogP contribution in [0.5, 0.6) is 0 Å². The smallest absolute Gasteiger partial charge is 0.251 e. The van der Waals surface area contributed by atoms with Crippen LogP contribution in [0.25, 0.3) is 16.8 Å². The normalized spacial score (nSPS) is 14.6. The van der Waals surface area contributed by atoms with Crippen LogP contribution in [0.2, 0.25) is 0 Å². The SMILES string of the molecule is C[C@@H](CO)NC(=O)c1cc(-c2ccc(F)cc2F)cc(-n2nnnc2C2CC2)c1. The van der Waals surface area contributed by atoms with Gasteiger partial charge in [-0.3, -0.25) is 4.79 Å². The fraction of sp³-hybridized carbons (Fsp3) is 0.300. The van der Waals surface area contributed by atoms with E-state index in [0.29, 0.717) is 17.1 Å². The summed E-state index contributed by atoms with van der Waals surface area (Å²) in [5, 5.41) is 23.7. The number of benzene rings is 2. The molecule has 7 nitrogen and oxygen atoms in total. The number of rotatable bonds is 6. The molecule has 1 aliphatic carbocycles. The molecule has 4 rings (SSSR count). The second-order valence-electron chi connectivity index (χ2n) is 7.17. The van der Waals surface area contributed by atoms with E-state index in [2.05, 4.69) is 20.8 Å². The zero-order chi connectivity index (χ0) is 20.5. The molecule has 2 aromatic carbocycles. The number of tetrazole rings is 1. The van der Waals surface area contributed by atoms with Crippen molar-refractivity contribution in [3.8, 4) is 16.8 Å². The second kappa shape index (κ2) is 7.67. The van der Waals surface area contributed by atoms with E-state index in [1.165, 1.54) is 16.8 Å². The van der Waals surface area contributed by atoms with Crippen molar-refractivity contribution < 1.29 is 18.7 Å². The van der Waals surface area contributed by atoms with Crippen molar-refractivity contribution in [1.82, 2.24) is 25.5 Å². The van der Waals surface area contributed by atoms with Crippen LogP contribution in [-0.4, -0.2) is 43.9 Å². The number of hydrogen-bond acceptors (Lipinski definition) is 5. The molecule has 150 valence electrons. The molecule has 29 heavy (non-hydrogen) atoms. The van der Waals surface area contributed by atoms with E-state index in [-0.39, 0.29) is 23.7 Å². The third-order valence-corrected chi connectivity index (χ3v) is 4.75. The monoisotopic (exact) mass is 399 g/mol. The van der Waals surface area contributed by atoms with Gasteiger partial charge in [-0.2, -0.15) is 4.68 Å². The molecule has 0 saturated heterocycles. The van der Waals surface area contributed by atoms with Crippen LogP contribution in [0, 0.1) is 11.6 Å². The minimum absolute atomic E-state index is 0.151. The molecule has 0 radical (unpaired) electrons. The highest BCUT2D eigenvalue weighted by atomic mass is 19.1. The molecule has 1 fully saturated rings. The largest absolute Gasteiger partial charge is 0.394 e. The number of hydrogen-bond donors (Lipinski definition) is 2. The van der Waals surface area contributed by atoms with E-state index in [1.807, 2.05) is 0 Å².